The third-order valence-electron chi connectivity index (χ3n) is 3.83. The average molecular weight is 389 g/mol. The quantitative estimate of drug-likeness (QED) is 0.460. The summed E-state index contributed by atoms with van der Waals surface area (Å²) in [5, 5.41) is 16.1. The van der Waals surface area contributed by atoms with Crippen LogP contribution in [0.2, 0.25) is 0 Å². The lowest BCUT2D eigenvalue weighted by Crippen LogP contribution is -2.13. The molecule has 0 aliphatic heterocycles. The van der Waals surface area contributed by atoms with E-state index in [1.165, 1.54) is 24.3 Å². The van der Waals surface area contributed by atoms with E-state index < -0.39 is 22.5 Å². The van der Waals surface area contributed by atoms with Crippen LogP contribution in [-0.2, 0) is 6.18 Å². The number of nitro benzene ring substituents is 1. The van der Waals surface area contributed by atoms with Gasteiger partial charge in [0.2, 0.25) is 5.95 Å². The monoisotopic (exact) mass is 389 g/mol. The molecule has 0 saturated carbocycles. The van der Waals surface area contributed by atoms with E-state index in [0.29, 0.717) is 17.6 Å². The van der Waals surface area contributed by atoms with Crippen molar-refractivity contribution < 1.29 is 18.1 Å². The van der Waals surface area contributed by atoms with Crippen molar-refractivity contribution in [2.45, 2.75) is 13.1 Å². The highest BCUT2D eigenvalue weighted by molar-refractivity contribution is 5.65. The van der Waals surface area contributed by atoms with Crippen molar-refractivity contribution in [2.75, 3.05) is 10.6 Å². The molecule has 0 amide bonds. The number of aryl methyl sites for hydroxylation is 1. The second-order valence-corrected chi connectivity index (χ2v) is 5.82. The fraction of sp³-hybridized carbons (Fsp3) is 0.111. The first-order valence-corrected chi connectivity index (χ1v) is 8.02. The summed E-state index contributed by atoms with van der Waals surface area (Å²) in [5.41, 5.74) is 0.505. The van der Waals surface area contributed by atoms with Crippen LogP contribution < -0.4 is 10.6 Å². The van der Waals surface area contributed by atoms with Crippen molar-refractivity contribution >= 4 is 28.8 Å². The zero-order chi connectivity index (χ0) is 20.3. The van der Waals surface area contributed by atoms with Crippen LogP contribution >= 0.6 is 0 Å². The molecule has 144 valence electrons. The minimum atomic E-state index is -4.64. The van der Waals surface area contributed by atoms with Crippen molar-refractivity contribution in [1.29, 1.82) is 0 Å². The molecule has 0 bridgehead atoms. The summed E-state index contributed by atoms with van der Waals surface area (Å²) in [7, 11) is 0. The van der Waals surface area contributed by atoms with Crippen LogP contribution in [0, 0.1) is 17.0 Å². The molecule has 0 aliphatic rings. The number of nitro groups is 1. The van der Waals surface area contributed by atoms with Crippen LogP contribution in [0.4, 0.5) is 42.0 Å². The zero-order valence-electron chi connectivity index (χ0n) is 14.5. The number of nitrogens with zero attached hydrogens (tertiary/aromatic N) is 3. The van der Waals surface area contributed by atoms with Gasteiger partial charge in [0.25, 0.3) is 5.69 Å². The number of benzene rings is 2. The first-order valence-electron chi connectivity index (χ1n) is 8.02. The second kappa shape index (κ2) is 7.51. The van der Waals surface area contributed by atoms with Crippen LogP contribution in [-0.4, -0.2) is 14.9 Å². The second-order valence-electron chi connectivity index (χ2n) is 5.82. The van der Waals surface area contributed by atoms with Gasteiger partial charge in [0.05, 0.1) is 4.92 Å². The maximum Gasteiger partial charge on any atom is 0.421 e. The van der Waals surface area contributed by atoms with Gasteiger partial charge in [0.1, 0.15) is 11.4 Å². The molecule has 2 N–H and O–H groups in total. The van der Waals surface area contributed by atoms with E-state index in [9.17, 15) is 23.3 Å². The van der Waals surface area contributed by atoms with Gasteiger partial charge in [-0.15, -0.1) is 0 Å². The molecule has 0 aliphatic carbocycles. The highest BCUT2D eigenvalue weighted by Gasteiger charge is 2.35. The van der Waals surface area contributed by atoms with Crippen molar-refractivity contribution in [3.8, 4) is 0 Å². The molecule has 1 aromatic heterocycles. The van der Waals surface area contributed by atoms with Gasteiger partial charge < -0.3 is 10.6 Å². The molecule has 7 nitrogen and oxygen atoms in total. The van der Waals surface area contributed by atoms with Gasteiger partial charge in [0, 0.05) is 29.7 Å². The van der Waals surface area contributed by atoms with E-state index in [1.807, 2.05) is 0 Å². The molecule has 0 atom stereocenters. The Kier molecular flexibility index (Phi) is 5.12. The summed E-state index contributed by atoms with van der Waals surface area (Å²) >= 11 is 0. The summed E-state index contributed by atoms with van der Waals surface area (Å²) in [6.07, 6.45) is -3.96. The number of alkyl halides is 3. The minimum Gasteiger partial charge on any atom is -0.339 e. The topological polar surface area (TPSA) is 93.0 Å². The molecule has 0 radical (unpaired) electrons. The summed E-state index contributed by atoms with van der Waals surface area (Å²) < 4.78 is 40.0. The molecule has 0 fully saturated rings. The van der Waals surface area contributed by atoms with E-state index in [1.54, 1.807) is 31.2 Å². The SMILES string of the molecule is Cc1ccccc1Nc1nc(Nc2ccc([N+](=O)[O-])cc2)ncc1C(F)(F)F. The predicted molar refractivity (Wildman–Crippen MR) is 97.9 cm³/mol. The van der Waals surface area contributed by atoms with Gasteiger partial charge in [-0.1, -0.05) is 18.2 Å². The molecule has 2 aromatic carbocycles. The molecular weight excluding hydrogens is 375 g/mol. The molecule has 0 saturated heterocycles. The molecule has 3 aromatic rings. The third kappa shape index (κ3) is 4.34. The van der Waals surface area contributed by atoms with Crippen molar-refractivity contribution in [2.24, 2.45) is 0 Å². The first kappa shape index (κ1) is 19.1. The Labute approximate surface area is 157 Å². The Balaban J connectivity index is 1.93. The van der Waals surface area contributed by atoms with Crippen LogP contribution in [0.1, 0.15) is 11.1 Å². The Morgan fingerprint density at radius 3 is 2.32 bits per heavy atom. The van der Waals surface area contributed by atoms with Crippen molar-refractivity contribution in [3.05, 3.63) is 76.0 Å². The van der Waals surface area contributed by atoms with Crippen LogP contribution in [0.25, 0.3) is 0 Å². The number of aromatic nitrogens is 2. The standard InChI is InChI=1S/C18H14F3N5O2/c1-11-4-2-3-5-15(11)24-16-14(18(19,20)21)10-22-17(25-16)23-12-6-8-13(9-7-12)26(27)28/h2-10H,1H3,(H2,22,23,24,25). The van der Waals surface area contributed by atoms with Crippen LogP contribution in [0.3, 0.4) is 0 Å². The van der Waals surface area contributed by atoms with Gasteiger partial charge >= 0.3 is 6.18 Å². The number of anilines is 4. The predicted octanol–water partition coefficient (Wildman–Crippen LogP) is 5.20. The van der Waals surface area contributed by atoms with Gasteiger partial charge in [-0.25, -0.2) is 4.98 Å². The molecule has 0 spiro atoms. The fourth-order valence-electron chi connectivity index (χ4n) is 2.38. The summed E-state index contributed by atoms with van der Waals surface area (Å²) in [6, 6.07) is 12.2. The number of para-hydroxylation sites is 1. The number of nitrogens with one attached hydrogen (secondary N) is 2. The summed E-state index contributed by atoms with van der Waals surface area (Å²) in [5.74, 6) is -0.487. The lowest BCUT2D eigenvalue weighted by molar-refractivity contribution is -0.384. The van der Waals surface area contributed by atoms with E-state index in [2.05, 4.69) is 20.6 Å². The Morgan fingerprint density at radius 2 is 1.71 bits per heavy atom. The smallest absolute Gasteiger partial charge is 0.339 e. The van der Waals surface area contributed by atoms with Crippen LogP contribution in [0.5, 0.6) is 0 Å². The number of non-ortho nitro benzene ring substituents is 1. The molecule has 10 heteroatoms. The number of hydrogen-bond acceptors (Lipinski definition) is 6. The highest BCUT2D eigenvalue weighted by Crippen LogP contribution is 2.35. The van der Waals surface area contributed by atoms with Crippen molar-refractivity contribution in [1.82, 2.24) is 9.97 Å². The van der Waals surface area contributed by atoms with Gasteiger partial charge in [0.15, 0.2) is 0 Å². The molecule has 1 heterocycles. The van der Waals surface area contributed by atoms with E-state index in [0.717, 1.165) is 5.56 Å². The summed E-state index contributed by atoms with van der Waals surface area (Å²) in [4.78, 5) is 17.8. The first-order chi connectivity index (χ1) is 13.2. The molecule has 0 unspecified atom stereocenters. The Hall–Kier alpha value is -3.69. The lowest BCUT2D eigenvalue weighted by Gasteiger charge is -2.16. The Morgan fingerprint density at radius 1 is 1.04 bits per heavy atom. The number of rotatable bonds is 5. The Bertz CT molecular complexity index is 1010. The average Bonchev–Trinajstić information content (AvgIpc) is 2.63. The zero-order valence-corrected chi connectivity index (χ0v) is 14.5. The maximum atomic E-state index is 13.3. The molecule has 3 rings (SSSR count). The highest BCUT2D eigenvalue weighted by atomic mass is 19.4. The van der Waals surface area contributed by atoms with E-state index in [-0.39, 0.29) is 11.6 Å². The van der Waals surface area contributed by atoms with Crippen molar-refractivity contribution in [3.63, 3.8) is 0 Å². The third-order valence-corrected chi connectivity index (χ3v) is 3.83. The summed E-state index contributed by atoms with van der Waals surface area (Å²) in [6.45, 7) is 1.76. The van der Waals surface area contributed by atoms with Gasteiger partial charge in [-0.3, -0.25) is 10.1 Å². The number of halogens is 3. The van der Waals surface area contributed by atoms with Gasteiger partial charge in [-0.05, 0) is 30.7 Å². The maximum absolute atomic E-state index is 13.3. The molecular formula is C18H14F3N5O2. The lowest BCUT2D eigenvalue weighted by atomic mass is 10.2. The number of hydrogen-bond donors (Lipinski definition) is 2. The van der Waals surface area contributed by atoms with E-state index in [4.69, 9.17) is 0 Å². The normalized spacial score (nSPS) is 11.1. The largest absolute Gasteiger partial charge is 0.421 e. The molecule has 28 heavy (non-hydrogen) atoms. The van der Waals surface area contributed by atoms with Crippen LogP contribution in [0.15, 0.2) is 54.7 Å². The minimum absolute atomic E-state index is 0.0852. The fourth-order valence-corrected chi connectivity index (χ4v) is 2.38. The van der Waals surface area contributed by atoms with Gasteiger partial charge in [-0.2, -0.15) is 18.2 Å². The van der Waals surface area contributed by atoms with E-state index >= 15 is 0 Å².